The van der Waals surface area contributed by atoms with Crippen LogP contribution in [0.2, 0.25) is 0 Å². The molecule has 0 unspecified atom stereocenters. The van der Waals surface area contributed by atoms with Gasteiger partial charge in [-0.2, -0.15) is 0 Å². The van der Waals surface area contributed by atoms with Gasteiger partial charge in [0.1, 0.15) is 0 Å². The number of rotatable bonds is 18. The van der Waals surface area contributed by atoms with Crippen LogP contribution in [0, 0.1) is 0 Å². The van der Waals surface area contributed by atoms with E-state index in [1.165, 1.54) is 49.8 Å². The number of hydrogen-bond donors (Lipinski definition) is 2. The third-order valence-corrected chi connectivity index (χ3v) is 4.43. The number of carbonyl (C=O) groups excluding carboxylic acids is 1. The van der Waals surface area contributed by atoms with Gasteiger partial charge in [-0.05, 0) is 38.5 Å². The first-order valence-electron chi connectivity index (χ1n) is 10.6. The number of aliphatic hydroxyl groups excluding tert-OH is 2. The summed E-state index contributed by atoms with van der Waals surface area (Å²) in [5, 5.41) is 17.9. The fourth-order valence-corrected chi connectivity index (χ4v) is 2.85. The van der Waals surface area contributed by atoms with Gasteiger partial charge in [0, 0.05) is 19.5 Å². The Morgan fingerprint density at radius 2 is 1.31 bits per heavy atom. The van der Waals surface area contributed by atoms with Gasteiger partial charge in [0.2, 0.25) is 5.91 Å². The molecule has 0 aromatic heterocycles. The molecule has 2 N–H and O–H groups in total. The van der Waals surface area contributed by atoms with Crippen LogP contribution in [0.3, 0.4) is 0 Å². The van der Waals surface area contributed by atoms with Crippen molar-refractivity contribution in [1.82, 2.24) is 4.90 Å². The Hall–Kier alpha value is -1.13. The van der Waals surface area contributed by atoms with Gasteiger partial charge in [-0.3, -0.25) is 4.79 Å². The molecular weight excluding hydrogens is 326 g/mol. The Morgan fingerprint density at radius 3 is 1.88 bits per heavy atom. The molecule has 0 radical (unpaired) electrons. The van der Waals surface area contributed by atoms with Gasteiger partial charge in [-0.25, -0.2) is 0 Å². The zero-order valence-electron chi connectivity index (χ0n) is 16.9. The summed E-state index contributed by atoms with van der Waals surface area (Å²) in [5.41, 5.74) is 0. The predicted molar refractivity (Wildman–Crippen MR) is 110 cm³/mol. The summed E-state index contributed by atoms with van der Waals surface area (Å²) in [6, 6.07) is 0. The Bertz CT molecular complexity index is 360. The quantitative estimate of drug-likeness (QED) is 0.275. The lowest BCUT2D eigenvalue weighted by atomic mass is 10.1. The molecule has 0 heterocycles. The summed E-state index contributed by atoms with van der Waals surface area (Å²) in [4.78, 5) is 13.5. The van der Waals surface area contributed by atoms with E-state index >= 15 is 0 Å². The lowest BCUT2D eigenvalue weighted by Gasteiger charge is -2.20. The molecule has 0 saturated carbocycles. The standard InChI is InChI=1S/C22H41NO3/c1-2-3-4-5-6-7-8-9-10-11-12-13-14-15-16-17-22(26)23(18-20-24)19-21-25/h9-10,12-13,24-25H,2-8,11,14-21H2,1H3/b10-9+,13-12+. The van der Waals surface area contributed by atoms with E-state index in [4.69, 9.17) is 10.2 Å². The third kappa shape index (κ3) is 16.3. The first kappa shape index (κ1) is 24.9. The van der Waals surface area contributed by atoms with Gasteiger partial charge < -0.3 is 15.1 Å². The summed E-state index contributed by atoms with van der Waals surface area (Å²) >= 11 is 0. The van der Waals surface area contributed by atoms with Crippen molar-refractivity contribution >= 4 is 5.91 Å². The smallest absolute Gasteiger partial charge is 0.222 e. The van der Waals surface area contributed by atoms with E-state index in [1.807, 2.05) is 0 Å². The van der Waals surface area contributed by atoms with E-state index in [2.05, 4.69) is 31.2 Å². The minimum atomic E-state index is -0.0547. The second-order valence-corrected chi connectivity index (χ2v) is 6.81. The topological polar surface area (TPSA) is 60.8 Å². The van der Waals surface area contributed by atoms with Crippen LogP contribution in [0.5, 0.6) is 0 Å². The number of allylic oxidation sites excluding steroid dienone is 4. The van der Waals surface area contributed by atoms with Gasteiger partial charge >= 0.3 is 0 Å². The SMILES string of the molecule is CCCCCCCC/C=C/C/C=C/CCCCC(=O)N(CCO)CCO. The molecule has 0 aliphatic carbocycles. The van der Waals surface area contributed by atoms with Crippen molar-refractivity contribution in [3.8, 4) is 0 Å². The van der Waals surface area contributed by atoms with Crippen molar-refractivity contribution in [2.45, 2.75) is 84.0 Å². The second kappa shape index (κ2) is 20.2. The highest BCUT2D eigenvalue weighted by Crippen LogP contribution is 2.08. The van der Waals surface area contributed by atoms with Gasteiger partial charge in [-0.15, -0.1) is 0 Å². The molecule has 4 heteroatoms. The van der Waals surface area contributed by atoms with Crippen LogP contribution in [0.1, 0.15) is 84.0 Å². The average Bonchev–Trinajstić information content (AvgIpc) is 2.64. The second-order valence-electron chi connectivity index (χ2n) is 6.81. The predicted octanol–water partition coefficient (Wildman–Crippen LogP) is 4.61. The van der Waals surface area contributed by atoms with E-state index in [1.54, 1.807) is 0 Å². The van der Waals surface area contributed by atoms with Crippen molar-refractivity contribution in [2.75, 3.05) is 26.3 Å². The molecule has 0 aromatic carbocycles. The minimum absolute atomic E-state index is 0.0229. The number of carbonyl (C=O) groups is 1. The lowest BCUT2D eigenvalue weighted by Crippen LogP contribution is -2.35. The number of aliphatic hydroxyl groups is 2. The normalized spacial score (nSPS) is 11.7. The third-order valence-electron chi connectivity index (χ3n) is 4.43. The largest absolute Gasteiger partial charge is 0.395 e. The molecule has 4 nitrogen and oxygen atoms in total. The van der Waals surface area contributed by atoms with Crippen molar-refractivity contribution in [3.05, 3.63) is 24.3 Å². The molecule has 0 rings (SSSR count). The summed E-state index contributed by atoms with van der Waals surface area (Å²) in [6.45, 7) is 2.76. The van der Waals surface area contributed by atoms with Crippen LogP contribution >= 0.6 is 0 Å². The maximum atomic E-state index is 11.9. The number of nitrogens with zero attached hydrogens (tertiary/aromatic N) is 1. The Morgan fingerprint density at radius 1 is 0.769 bits per heavy atom. The molecule has 0 aliphatic rings. The minimum Gasteiger partial charge on any atom is -0.395 e. The highest BCUT2D eigenvalue weighted by atomic mass is 16.3. The summed E-state index contributed by atoms with van der Waals surface area (Å²) in [6.07, 6.45) is 22.6. The Balaban J connectivity index is 3.52. The van der Waals surface area contributed by atoms with Crippen molar-refractivity contribution in [2.24, 2.45) is 0 Å². The molecule has 0 spiro atoms. The number of amides is 1. The van der Waals surface area contributed by atoms with E-state index < -0.39 is 0 Å². The molecule has 0 fully saturated rings. The van der Waals surface area contributed by atoms with Gasteiger partial charge in [0.15, 0.2) is 0 Å². The van der Waals surface area contributed by atoms with Crippen molar-refractivity contribution < 1.29 is 15.0 Å². The van der Waals surface area contributed by atoms with Crippen LogP contribution in [0.25, 0.3) is 0 Å². The zero-order valence-corrected chi connectivity index (χ0v) is 16.9. The highest BCUT2D eigenvalue weighted by Gasteiger charge is 2.11. The van der Waals surface area contributed by atoms with E-state index in [0.29, 0.717) is 19.5 Å². The molecular formula is C22H41NO3. The van der Waals surface area contributed by atoms with E-state index in [9.17, 15) is 4.79 Å². The van der Waals surface area contributed by atoms with Gasteiger partial charge in [0.05, 0.1) is 13.2 Å². The fourth-order valence-electron chi connectivity index (χ4n) is 2.85. The maximum Gasteiger partial charge on any atom is 0.222 e. The lowest BCUT2D eigenvalue weighted by molar-refractivity contribution is -0.132. The Kier molecular flexibility index (Phi) is 19.3. The maximum absolute atomic E-state index is 11.9. The molecule has 1 amide bonds. The first-order valence-corrected chi connectivity index (χ1v) is 10.6. The van der Waals surface area contributed by atoms with Crippen molar-refractivity contribution in [3.63, 3.8) is 0 Å². The molecule has 0 aromatic rings. The van der Waals surface area contributed by atoms with E-state index in [-0.39, 0.29) is 19.1 Å². The first-order chi connectivity index (χ1) is 12.8. The van der Waals surface area contributed by atoms with Gasteiger partial charge in [0.25, 0.3) is 0 Å². The zero-order chi connectivity index (χ0) is 19.3. The fraction of sp³-hybridized carbons (Fsp3) is 0.773. The monoisotopic (exact) mass is 367 g/mol. The summed E-state index contributed by atoms with van der Waals surface area (Å²) in [7, 11) is 0. The van der Waals surface area contributed by atoms with Gasteiger partial charge in [-0.1, -0.05) is 63.3 Å². The molecule has 152 valence electrons. The van der Waals surface area contributed by atoms with Crippen LogP contribution in [-0.2, 0) is 4.79 Å². The molecule has 0 bridgehead atoms. The molecule has 0 atom stereocenters. The number of unbranched alkanes of at least 4 members (excludes halogenated alkanes) is 8. The number of hydrogen-bond acceptors (Lipinski definition) is 3. The average molecular weight is 368 g/mol. The van der Waals surface area contributed by atoms with Crippen LogP contribution in [0.15, 0.2) is 24.3 Å². The van der Waals surface area contributed by atoms with Crippen LogP contribution in [0.4, 0.5) is 0 Å². The van der Waals surface area contributed by atoms with E-state index in [0.717, 1.165) is 25.7 Å². The highest BCUT2D eigenvalue weighted by molar-refractivity contribution is 5.76. The van der Waals surface area contributed by atoms with Crippen LogP contribution in [-0.4, -0.2) is 47.3 Å². The van der Waals surface area contributed by atoms with Crippen molar-refractivity contribution in [1.29, 1.82) is 0 Å². The molecule has 0 saturated heterocycles. The summed E-state index contributed by atoms with van der Waals surface area (Å²) < 4.78 is 0. The van der Waals surface area contributed by atoms with Crippen LogP contribution < -0.4 is 0 Å². The molecule has 26 heavy (non-hydrogen) atoms. The molecule has 0 aliphatic heterocycles. The summed E-state index contributed by atoms with van der Waals surface area (Å²) in [5.74, 6) is 0.0229. The Labute approximate surface area is 161 Å².